The molecule has 0 aromatic heterocycles. The van der Waals surface area contributed by atoms with E-state index < -0.39 is 9.84 Å². The van der Waals surface area contributed by atoms with Crippen LogP contribution < -0.4 is 10.1 Å². The monoisotopic (exact) mass is 285 g/mol. The van der Waals surface area contributed by atoms with Gasteiger partial charge in [0.2, 0.25) is 0 Å². The molecule has 0 amide bonds. The highest BCUT2D eigenvalue weighted by molar-refractivity contribution is 7.91. The van der Waals surface area contributed by atoms with Gasteiger partial charge in [0.15, 0.2) is 0 Å². The molecule has 0 aliphatic carbocycles. The predicted molar refractivity (Wildman–Crippen MR) is 78.5 cm³/mol. The fraction of sp³-hybridized carbons (Fsp3) is 0.571. The average Bonchev–Trinajstić information content (AvgIpc) is 2.43. The first kappa shape index (κ1) is 16.0. The molecule has 0 saturated carbocycles. The van der Waals surface area contributed by atoms with Crippen LogP contribution in [0.5, 0.6) is 5.75 Å². The summed E-state index contributed by atoms with van der Waals surface area (Å²) in [4.78, 5) is 0. The highest BCUT2D eigenvalue weighted by Crippen LogP contribution is 2.11. The Morgan fingerprint density at radius 2 is 1.84 bits per heavy atom. The molecule has 1 rings (SSSR count). The Kier molecular flexibility index (Phi) is 6.87. The van der Waals surface area contributed by atoms with Gasteiger partial charge >= 0.3 is 0 Å². The van der Waals surface area contributed by atoms with Crippen LogP contribution in [0.1, 0.15) is 18.9 Å². The lowest BCUT2D eigenvalue weighted by Crippen LogP contribution is -2.21. The van der Waals surface area contributed by atoms with Gasteiger partial charge in [-0.2, -0.15) is 0 Å². The van der Waals surface area contributed by atoms with Gasteiger partial charge in [0.1, 0.15) is 15.6 Å². The summed E-state index contributed by atoms with van der Waals surface area (Å²) in [5.41, 5.74) is 1.24. The lowest BCUT2D eigenvalue weighted by atomic mass is 10.1. The normalized spacial score (nSPS) is 11.5. The molecular weight excluding hydrogens is 262 g/mol. The molecule has 4 nitrogen and oxygen atoms in total. The first-order valence-electron chi connectivity index (χ1n) is 6.61. The van der Waals surface area contributed by atoms with Crippen molar-refractivity contribution in [2.24, 2.45) is 0 Å². The summed E-state index contributed by atoms with van der Waals surface area (Å²) < 4.78 is 27.6. The third-order valence-corrected chi connectivity index (χ3v) is 4.79. The molecule has 0 saturated heterocycles. The van der Waals surface area contributed by atoms with E-state index in [4.69, 9.17) is 4.74 Å². The molecule has 0 fully saturated rings. The van der Waals surface area contributed by atoms with E-state index in [1.165, 1.54) is 5.56 Å². The van der Waals surface area contributed by atoms with Crippen molar-refractivity contribution in [2.75, 3.05) is 31.7 Å². The van der Waals surface area contributed by atoms with Crippen LogP contribution in [0.2, 0.25) is 0 Å². The Bertz CT molecular complexity index is 454. The SMILES string of the molecule is CCS(=O)(=O)CCCNCCc1ccc(OC)cc1. The van der Waals surface area contributed by atoms with E-state index in [0.29, 0.717) is 6.42 Å². The highest BCUT2D eigenvalue weighted by atomic mass is 32.2. The summed E-state index contributed by atoms with van der Waals surface area (Å²) in [5, 5.41) is 3.26. The number of ether oxygens (including phenoxy) is 1. The Morgan fingerprint density at radius 3 is 2.42 bits per heavy atom. The highest BCUT2D eigenvalue weighted by Gasteiger charge is 2.05. The second kappa shape index (κ2) is 8.17. The van der Waals surface area contributed by atoms with Gasteiger partial charge in [-0.05, 0) is 43.6 Å². The van der Waals surface area contributed by atoms with E-state index in [-0.39, 0.29) is 11.5 Å². The van der Waals surface area contributed by atoms with Crippen LogP contribution in [0, 0.1) is 0 Å². The number of hydrogen-bond acceptors (Lipinski definition) is 4. The molecule has 0 unspecified atom stereocenters. The summed E-state index contributed by atoms with van der Waals surface area (Å²) in [6.45, 7) is 3.29. The minimum atomic E-state index is -2.82. The van der Waals surface area contributed by atoms with E-state index in [0.717, 1.165) is 25.3 Å². The quantitative estimate of drug-likeness (QED) is 0.701. The Labute approximate surface area is 116 Å². The van der Waals surface area contributed by atoms with Crippen molar-refractivity contribution in [1.29, 1.82) is 0 Å². The van der Waals surface area contributed by atoms with Crippen LogP contribution >= 0.6 is 0 Å². The van der Waals surface area contributed by atoms with Crippen LogP contribution in [0.25, 0.3) is 0 Å². The topological polar surface area (TPSA) is 55.4 Å². The molecule has 5 heteroatoms. The van der Waals surface area contributed by atoms with E-state index in [1.807, 2.05) is 24.3 Å². The van der Waals surface area contributed by atoms with Crippen LogP contribution in [0.4, 0.5) is 0 Å². The molecule has 1 aromatic rings. The summed E-state index contributed by atoms with van der Waals surface area (Å²) in [7, 11) is -1.17. The summed E-state index contributed by atoms with van der Waals surface area (Å²) in [6, 6.07) is 7.98. The Hall–Kier alpha value is -1.07. The number of nitrogens with one attached hydrogen (secondary N) is 1. The van der Waals surface area contributed by atoms with E-state index in [1.54, 1.807) is 14.0 Å². The maximum absolute atomic E-state index is 11.3. The maximum Gasteiger partial charge on any atom is 0.150 e. The minimum absolute atomic E-state index is 0.235. The van der Waals surface area contributed by atoms with Crippen molar-refractivity contribution in [3.8, 4) is 5.75 Å². The second-order valence-corrected chi connectivity index (χ2v) is 6.91. The van der Waals surface area contributed by atoms with Crippen molar-refractivity contribution in [2.45, 2.75) is 19.8 Å². The van der Waals surface area contributed by atoms with Gasteiger partial charge in [0.05, 0.1) is 12.9 Å². The third-order valence-electron chi connectivity index (χ3n) is 3.00. The number of hydrogen-bond donors (Lipinski definition) is 1. The molecule has 0 spiro atoms. The zero-order valence-corrected chi connectivity index (χ0v) is 12.5. The van der Waals surface area contributed by atoms with Crippen LogP contribution in [-0.4, -0.2) is 40.1 Å². The fourth-order valence-electron chi connectivity index (χ4n) is 1.71. The lowest BCUT2D eigenvalue weighted by molar-refractivity contribution is 0.414. The largest absolute Gasteiger partial charge is 0.497 e. The number of rotatable bonds is 9. The first-order chi connectivity index (χ1) is 9.07. The van der Waals surface area contributed by atoms with Crippen molar-refractivity contribution < 1.29 is 13.2 Å². The number of sulfone groups is 1. The Morgan fingerprint density at radius 1 is 1.16 bits per heavy atom. The number of methoxy groups -OCH3 is 1. The molecule has 0 radical (unpaired) electrons. The summed E-state index contributed by atoms with van der Waals surface area (Å²) >= 11 is 0. The molecule has 1 aromatic carbocycles. The van der Waals surface area contributed by atoms with Gasteiger partial charge in [-0.3, -0.25) is 0 Å². The zero-order valence-electron chi connectivity index (χ0n) is 11.7. The molecule has 19 heavy (non-hydrogen) atoms. The van der Waals surface area contributed by atoms with E-state index >= 15 is 0 Å². The predicted octanol–water partition coefficient (Wildman–Crippen LogP) is 1.65. The van der Waals surface area contributed by atoms with Crippen LogP contribution in [0.3, 0.4) is 0 Å². The molecule has 0 heterocycles. The average molecular weight is 285 g/mol. The molecule has 0 bridgehead atoms. The maximum atomic E-state index is 11.3. The molecular formula is C14H23NO3S. The van der Waals surface area contributed by atoms with Crippen molar-refractivity contribution in [3.05, 3.63) is 29.8 Å². The fourth-order valence-corrected chi connectivity index (χ4v) is 2.58. The van der Waals surface area contributed by atoms with Gasteiger partial charge in [-0.1, -0.05) is 19.1 Å². The third kappa shape index (κ3) is 6.59. The Balaban J connectivity index is 2.13. The van der Waals surface area contributed by atoms with Gasteiger partial charge in [-0.25, -0.2) is 8.42 Å². The molecule has 0 atom stereocenters. The lowest BCUT2D eigenvalue weighted by Gasteiger charge is -2.06. The van der Waals surface area contributed by atoms with Crippen LogP contribution in [0.15, 0.2) is 24.3 Å². The molecule has 108 valence electrons. The number of benzene rings is 1. The zero-order chi connectivity index (χ0) is 14.1. The summed E-state index contributed by atoms with van der Waals surface area (Å²) in [5.74, 6) is 1.37. The minimum Gasteiger partial charge on any atom is -0.497 e. The smallest absolute Gasteiger partial charge is 0.150 e. The molecule has 0 aliphatic rings. The summed E-state index contributed by atoms with van der Waals surface area (Å²) in [6.07, 6.45) is 1.61. The van der Waals surface area contributed by atoms with E-state index in [9.17, 15) is 8.42 Å². The second-order valence-electron chi connectivity index (χ2n) is 4.44. The van der Waals surface area contributed by atoms with Crippen molar-refractivity contribution in [1.82, 2.24) is 5.32 Å². The first-order valence-corrected chi connectivity index (χ1v) is 8.43. The van der Waals surface area contributed by atoms with Gasteiger partial charge in [0.25, 0.3) is 0 Å². The van der Waals surface area contributed by atoms with E-state index in [2.05, 4.69) is 5.32 Å². The van der Waals surface area contributed by atoms with Crippen LogP contribution in [-0.2, 0) is 16.3 Å². The van der Waals surface area contributed by atoms with Gasteiger partial charge < -0.3 is 10.1 Å². The standard InChI is InChI=1S/C14H23NO3S/c1-3-19(16,17)12-4-10-15-11-9-13-5-7-14(18-2)8-6-13/h5-8,15H,3-4,9-12H2,1-2H3. The van der Waals surface area contributed by atoms with Crippen molar-refractivity contribution >= 4 is 9.84 Å². The van der Waals surface area contributed by atoms with Crippen molar-refractivity contribution in [3.63, 3.8) is 0 Å². The molecule has 0 aliphatic heterocycles. The molecule has 1 N–H and O–H groups in total. The van der Waals surface area contributed by atoms with Gasteiger partial charge in [-0.15, -0.1) is 0 Å². The van der Waals surface area contributed by atoms with Gasteiger partial charge in [0, 0.05) is 5.75 Å².